The third-order valence-corrected chi connectivity index (χ3v) is 5.55. The van der Waals surface area contributed by atoms with Crippen molar-refractivity contribution in [2.75, 3.05) is 0 Å². The summed E-state index contributed by atoms with van der Waals surface area (Å²) in [4.78, 5) is 3.13. The van der Waals surface area contributed by atoms with Crippen LogP contribution in [0.3, 0.4) is 0 Å². The van der Waals surface area contributed by atoms with Crippen molar-refractivity contribution in [3.63, 3.8) is 0 Å². The molecule has 0 aliphatic rings. The van der Waals surface area contributed by atoms with Gasteiger partial charge in [0.15, 0.2) is 5.96 Å². The molecule has 0 heterocycles. The van der Waals surface area contributed by atoms with Gasteiger partial charge < -0.3 is 10.7 Å². The van der Waals surface area contributed by atoms with Gasteiger partial charge in [-0.15, -0.1) is 0 Å². The number of nitrogens with one attached hydrogen (secondary N) is 2. The first-order chi connectivity index (χ1) is 8.66. The maximum absolute atomic E-state index is 7.47. The lowest BCUT2D eigenvalue weighted by atomic mass is 10.2. The molecule has 0 fully saturated rings. The van der Waals surface area contributed by atoms with Crippen LogP contribution in [-0.2, 0) is 0 Å². The smallest absolute Gasteiger partial charge is 0.203 e. The van der Waals surface area contributed by atoms with Crippen molar-refractivity contribution in [2.45, 2.75) is 6.92 Å². The lowest BCUT2D eigenvalue weighted by molar-refractivity contribution is 1.28. The summed E-state index contributed by atoms with van der Waals surface area (Å²) in [6.07, 6.45) is 0. The van der Waals surface area contributed by atoms with E-state index >= 15 is 0 Å². The summed E-state index contributed by atoms with van der Waals surface area (Å²) >= 11 is 0. The number of nitrogens with two attached hydrogens (primary N) is 1. The fourth-order valence-corrected chi connectivity index (χ4v) is 4.13. The molecule has 0 saturated heterocycles. The van der Waals surface area contributed by atoms with Crippen molar-refractivity contribution in [2.24, 2.45) is 5.73 Å². The predicted octanol–water partition coefficient (Wildman–Crippen LogP) is 0.316. The van der Waals surface area contributed by atoms with E-state index in [0.717, 1.165) is 0 Å². The second kappa shape index (κ2) is 5.51. The maximum Gasteiger partial charge on any atom is 0.203 e. The average molecular weight is 255 g/mol. The zero-order valence-electron chi connectivity index (χ0n) is 10.4. The third kappa shape index (κ3) is 2.98. The first-order valence-corrected chi connectivity index (χ1v) is 7.62. The van der Waals surface area contributed by atoms with Gasteiger partial charge in [-0.3, -0.25) is 5.41 Å². The third-order valence-electron chi connectivity index (χ3n) is 2.84. The highest BCUT2D eigenvalue weighted by atomic mass is 28.3. The standard InChI is InChI=1S/C14H17N3Si/c1-11-7-9-13(10-8-11)18(17-14(15)16)12-5-3-2-4-6-12/h2-10,18H,1H3,(H4,15,16,17). The Labute approximate surface area is 109 Å². The maximum atomic E-state index is 7.47. The van der Waals surface area contributed by atoms with Crippen molar-refractivity contribution in [1.82, 2.24) is 4.98 Å². The Morgan fingerprint density at radius 2 is 1.56 bits per heavy atom. The van der Waals surface area contributed by atoms with E-state index in [1.165, 1.54) is 15.9 Å². The molecule has 0 radical (unpaired) electrons. The summed E-state index contributed by atoms with van der Waals surface area (Å²) in [5.74, 6) is 0.0381. The van der Waals surface area contributed by atoms with Crippen LogP contribution < -0.4 is 21.1 Å². The van der Waals surface area contributed by atoms with E-state index < -0.39 is 8.96 Å². The van der Waals surface area contributed by atoms with Crippen molar-refractivity contribution < 1.29 is 0 Å². The molecule has 92 valence electrons. The minimum absolute atomic E-state index is 0.0381. The summed E-state index contributed by atoms with van der Waals surface area (Å²) in [5, 5.41) is 9.94. The zero-order valence-corrected chi connectivity index (χ0v) is 11.5. The first-order valence-electron chi connectivity index (χ1n) is 5.89. The lowest BCUT2D eigenvalue weighted by Gasteiger charge is -2.18. The molecule has 4 heteroatoms. The van der Waals surface area contributed by atoms with E-state index in [0.29, 0.717) is 0 Å². The SMILES string of the molecule is Cc1ccc([SiH](NC(=N)N)c2ccccc2)cc1. The van der Waals surface area contributed by atoms with E-state index in [-0.39, 0.29) is 5.96 Å². The van der Waals surface area contributed by atoms with Gasteiger partial charge in [0, 0.05) is 0 Å². The van der Waals surface area contributed by atoms with E-state index in [4.69, 9.17) is 11.1 Å². The number of hydrogen-bond acceptors (Lipinski definition) is 1. The molecule has 4 N–H and O–H groups in total. The average Bonchev–Trinajstić information content (AvgIpc) is 2.38. The van der Waals surface area contributed by atoms with Gasteiger partial charge in [0.1, 0.15) is 0 Å². The van der Waals surface area contributed by atoms with Crippen LogP contribution in [0.1, 0.15) is 5.56 Å². The summed E-state index contributed by atoms with van der Waals surface area (Å²) < 4.78 is 0. The molecular weight excluding hydrogens is 238 g/mol. The summed E-state index contributed by atoms with van der Waals surface area (Å²) in [7, 11) is -1.63. The Balaban J connectivity index is 2.36. The minimum Gasteiger partial charge on any atom is -0.377 e. The molecule has 0 aromatic heterocycles. The van der Waals surface area contributed by atoms with Crippen molar-refractivity contribution >= 4 is 25.3 Å². The molecule has 2 rings (SSSR count). The second-order valence-corrected chi connectivity index (χ2v) is 6.80. The Morgan fingerprint density at radius 3 is 2.11 bits per heavy atom. The van der Waals surface area contributed by atoms with Crippen LogP contribution in [0.5, 0.6) is 0 Å². The van der Waals surface area contributed by atoms with E-state index in [1.807, 2.05) is 18.2 Å². The first kappa shape index (κ1) is 12.4. The topological polar surface area (TPSA) is 61.9 Å². The molecule has 0 aliphatic heterocycles. The number of guanidine groups is 1. The van der Waals surface area contributed by atoms with Crippen LogP contribution in [0.4, 0.5) is 0 Å². The van der Waals surface area contributed by atoms with Crippen LogP contribution in [0.25, 0.3) is 0 Å². The van der Waals surface area contributed by atoms with E-state index in [2.05, 4.69) is 48.3 Å². The Kier molecular flexibility index (Phi) is 3.79. The van der Waals surface area contributed by atoms with Gasteiger partial charge in [0.25, 0.3) is 0 Å². The quantitative estimate of drug-likeness (QED) is 0.420. The molecular formula is C14H17N3Si. The lowest BCUT2D eigenvalue weighted by Crippen LogP contribution is -2.57. The van der Waals surface area contributed by atoms with Crippen LogP contribution in [0.15, 0.2) is 54.6 Å². The van der Waals surface area contributed by atoms with Gasteiger partial charge in [0.2, 0.25) is 8.96 Å². The number of hydrogen-bond donors (Lipinski definition) is 3. The number of rotatable bonds is 3. The van der Waals surface area contributed by atoms with Gasteiger partial charge in [-0.2, -0.15) is 0 Å². The number of aryl methyl sites for hydroxylation is 1. The van der Waals surface area contributed by atoms with Crippen LogP contribution in [-0.4, -0.2) is 14.9 Å². The zero-order chi connectivity index (χ0) is 13.0. The van der Waals surface area contributed by atoms with E-state index in [1.54, 1.807) is 0 Å². The molecule has 1 atom stereocenters. The molecule has 3 nitrogen and oxygen atoms in total. The Bertz CT molecular complexity index is 522. The summed E-state index contributed by atoms with van der Waals surface area (Å²) in [6, 6.07) is 18.7. The highest BCUT2D eigenvalue weighted by Crippen LogP contribution is 1.95. The predicted molar refractivity (Wildman–Crippen MR) is 79.1 cm³/mol. The van der Waals surface area contributed by atoms with Crippen molar-refractivity contribution in [1.29, 1.82) is 5.41 Å². The fourth-order valence-electron chi connectivity index (χ4n) is 1.92. The van der Waals surface area contributed by atoms with Gasteiger partial charge >= 0.3 is 0 Å². The molecule has 0 amide bonds. The van der Waals surface area contributed by atoms with Crippen molar-refractivity contribution in [3.05, 3.63) is 60.2 Å². The number of benzene rings is 2. The largest absolute Gasteiger partial charge is 0.377 e. The van der Waals surface area contributed by atoms with Gasteiger partial charge in [-0.1, -0.05) is 60.2 Å². The highest BCUT2D eigenvalue weighted by molar-refractivity contribution is 6.84. The second-order valence-electron chi connectivity index (χ2n) is 4.31. The molecule has 2 aromatic rings. The molecule has 2 aromatic carbocycles. The van der Waals surface area contributed by atoms with Crippen molar-refractivity contribution in [3.8, 4) is 0 Å². The Hall–Kier alpha value is -2.07. The summed E-state index contributed by atoms with van der Waals surface area (Å²) in [5.41, 5.74) is 6.74. The van der Waals surface area contributed by atoms with Crippen LogP contribution >= 0.6 is 0 Å². The van der Waals surface area contributed by atoms with Gasteiger partial charge in [-0.05, 0) is 17.3 Å². The molecule has 1 unspecified atom stereocenters. The van der Waals surface area contributed by atoms with Gasteiger partial charge in [-0.25, -0.2) is 0 Å². The molecule has 18 heavy (non-hydrogen) atoms. The van der Waals surface area contributed by atoms with Crippen LogP contribution in [0.2, 0.25) is 0 Å². The normalized spacial score (nSPS) is 11.8. The molecule has 0 spiro atoms. The van der Waals surface area contributed by atoms with Crippen LogP contribution in [0, 0.1) is 12.3 Å². The fraction of sp³-hybridized carbons (Fsp3) is 0.0714. The highest BCUT2D eigenvalue weighted by Gasteiger charge is 2.16. The van der Waals surface area contributed by atoms with Gasteiger partial charge in [0.05, 0.1) is 0 Å². The minimum atomic E-state index is -1.63. The molecule has 0 saturated carbocycles. The Morgan fingerprint density at radius 1 is 1.00 bits per heavy atom. The monoisotopic (exact) mass is 255 g/mol. The molecule has 0 bridgehead atoms. The van der Waals surface area contributed by atoms with E-state index in [9.17, 15) is 0 Å². The molecule has 0 aliphatic carbocycles. The summed E-state index contributed by atoms with van der Waals surface area (Å²) in [6.45, 7) is 2.07.